The Labute approximate surface area is 100 Å². The second-order valence-corrected chi connectivity index (χ2v) is 4.65. The Kier molecular flexibility index (Phi) is 3.19. The van der Waals surface area contributed by atoms with Crippen LogP contribution in [0.5, 0.6) is 0 Å². The molecular formula is C12H17NO4. The first-order valence-electron chi connectivity index (χ1n) is 5.84. The second-order valence-electron chi connectivity index (χ2n) is 4.65. The molecule has 1 N–H and O–H groups in total. The van der Waals surface area contributed by atoms with Crippen molar-refractivity contribution in [1.29, 1.82) is 0 Å². The van der Waals surface area contributed by atoms with Gasteiger partial charge in [0.05, 0.1) is 0 Å². The van der Waals surface area contributed by atoms with Crippen molar-refractivity contribution in [2.75, 3.05) is 19.8 Å². The molecule has 0 aromatic carbocycles. The predicted octanol–water partition coefficient (Wildman–Crippen LogP) is 0.655. The minimum absolute atomic E-state index is 0.0709. The average molecular weight is 239 g/mol. The molecule has 17 heavy (non-hydrogen) atoms. The summed E-state index contributed by atoms with van der Waals surface area (Å²) in [5.41, 5.74) is -1.06. The van der Waals surface area contributed by atoms with Gasteiger partial charge in [-0.15, -0.1) is 6.58 Å². The van der Waals surface area contributed by atoms with Crippen LogP contribution in [-0.2, 0) is 14.3 Å². The van der Waals surface area contributed by atoms with Crippen molar-refractivity contribution in [3.8, 4) is 0 Å². The first-order chi connectivity index (χ1) is 8.10. The van der Waals surface area contributed by atoms with Crippen LogP contribution in [0.2, 0.25) is 0 Å². The van der Waals surface area contributed by atoms with E-state index in [1.165, 1.54) is 4.90 Å². The third-order valence-electron chi connectivity index (χ3n) is 3.72. The van der Waals surface area contributed by atoms with Crippen LogP contribution in [-0.4, -0.2) is 47.2 Å². The molecule has 1 amide bonds. The summed E-state index contributed by atoms with van der Waals surface area (Å²) in [4.78, 5) is 25.0. The smallest absolute Gasteiger partial charge is 0.329 e. The molecule has 0 radical (unpaired) electrons. The summed E-state index contributed by atoms with van der Waals surface area (Å²) < 4.78 is 5.20. The summed E-state index contributed by atoms with van der Waals surface area (Å²) in [7, 11) is 0. The van der Waals surface area contributed by atoms with E-state index in [2.05, 4.69) is 6.58 Å². The van der Waals surface area contributed by atoms with E-state index in [0.717, 1.165) is 0 Å². The number of likely N-dealkylation sites (tertiary alicyclic amines) is 1. The number of carboxylic acid groups (broad SMARTS) is 1. The Hall–Kier alpha value is -1.36. The highest BCUT2D eigenvalue weighted by Crippen LogP contribution is 2.34. The van der Waals surface area contributed by atoms with E-state index in [1.807, 2.05) is 0 Å². The number of aliphatic carboxylic acids is 1. The lowest BCUT2D eigenvalue weighted by molar-refractivity contribution is -0.163. The third kappa shape index (κ3) is 1.95. The van der Waals surface area contributed by atoms with Crippen LogP contribution in [0.1, 0.15) is 19.3 Å². The molecule has 0 aromatic heterocycles. The minimum atomic E-state index is -1.06. The Morgan fingerprint density at radius 1 is 1.53 bits per heavy atom. The summed E-state index contributed by atoms with van der Waals surface area (Å²) in [6.07, 6.45) is 2.85. The molecule has 2 fully saturated rings. The number of hydrogen-bond donors (Lipinski definition) is 1. The maximum Gasteiger partial charge on any atom is 0.329 e. The van der Waals surface area contributed by atoms with Crippen LogP contribution in [0.4, 0.5) is 0 Å². The van der Waals surface area contributed by atoms with E-state index in [1.54, 1.807) is 6.08 Å². The number of ether oxygens (including phenoxy) is 1. The zero-order chi connectivity index (χ0) is 12.5. The van der Waals surface area contributed by atoms with Gasteiger partial charge in [-0.2, -0.15) is 0 Å². The van der Waals surface area contributed by atoms with Crippen molar-refractivity contribution >= 4 is 11.9 Å². The largest absolute Gasteiger partial charge is 0.479 e. The highest BCUT2D eigenvalue weighted by atomic mass is 16.5. The van der Waals surface area contributed by atoms with E-state index >= 15 is 0 Å². The van der Waals surface area contributed by atoms with Crippen LogP contribution in [0, 0.1) is 5.92 Å². The summed E-state index contributed by atoms with van der Waals surface area (Å²) >= 11 is 0. The molecule has 1 unspecified atom stereocenters. The highest BCUT2D eigenvalue weighted by molar-refractivity contribution is 5.88. The number of nitrogens with zero attached hydrogens (tertiary/aromatic N) is 1. The highest BCUT2D eigenvalue weighted by Gasteiger charge is 2.50. The van der Waals surface area contributed by atoms with Crippen molar-refractivity contribution in [3.05, 3.63) is 12.7 Å². The van der Waals surface area contributed by atoms with E-state index in [4.69, 9.17) is 4.74 Å². The van der Waals surface area contributed by atoms with Gasteiger partial charge >= 0.3 is 5.97 Å². The Morgan fingerprint density at radius 3 is 2.65 bits per heavy atom. The van der Waals surface area contributed by atoms with Crippen molar-refractivity contribution in [2.24, 2.45) is 5.92 Å². The lowest BCUT2D eigenvalue weighted by Gasteiger charge is -2.40. The lowest BCUT2D eigenvalue weighted by atomic mass is 9.88. The summed E-state index contributed by atoms with van der Waals surface area (Å²) in [5, 5.41) is 9.45. The Morgan fingerprint density at radius 2 is 2.18 bits per heavy atom. The number of carboxylic acids is 1. The molecule has 0 bridgehead atoms. The zero-order valence-corrected chi connectivity index (χ0v) is 9.72. The van der Waals surface area contributed by atoms with Gasteiger partial charge in [0.15, 0.2) is 0 Å². The van der Waals surface area contributed by atoms with E-state index in [-0.39, 0.29) is 11.8 Å². The number of rotatable bonds is 3. The lowest BCUT2D eigenvalue weighted by Crippen LogP contribution is -2.58. The fourth-order valence-electron chi connectivity index (χ4n) is 2.61. The van der Waals surface area contributed by atoms with Gasteiger partial charge in [0.1, 0.15) is 5.54 Å². The molecule has 2 saturated heterocycles. The Balaban J connectivity index is 2.24. The fraction of sp³-hybridized carbons (Fsp3) is 0.667. The van der Waals surface area contributed by atoms with Crippen LogP contribution in [0.3, 0.4) is 0 Å². The zero-order valence-electron chi connectivity index (χ0n) is 9.72. The topological polar surface area (TPSA) is 66.8 Å². The molecule has 2 rings (SSSR count). The number of hydrogen-bond acceptors (Lipinski definition) is 3. The number of carbonyl (C=O) groups excluding carboxylic acids is 1. The summed E-state index contributed by atoms with van der Waals surface area (Å²) in [5.74, 6) is -0.931. The molecule has 5 heteroatoms. The molecule has 2 aliphatic heterocycles. The SMILES string of the molecule is C=CC1CC(=O)N(C2(C(=O)O)CCOCC2)C1. The Bertz CT molecular complexity index is 346. The molecule has 0 aromatic rings. The molecule has 2 aliphatic rings. The molecule has 2 heterocycles. The van der Waals surface area contributed by atoms with Gasteiger partial charge in [-0.25, -0.2) is 4.79 Å². The van der Waals surface area contributed by atoms with E-state index in [9.17, 15) is 14.7 Å². The van der Waals surface area contributed by atoms with Crippen molar-refractivity contribution in [1.82, 2.24) is 4.90 Å². The maximum absolute atomic E-state index is 11.9. The molecule has 5 nitrogen and oxygen atoms in total. The molecular weight excluding hydrogens is 222 g/mol. The summed E-state index contributed by atoms with van der Waals surface area (Å²) in [6.45, 7) is 4.94. The molecule has 0 saturated carbocycles. The normalized spacial score (nSPS) is 28.1. The predicted molar refractivity (Wildman–Crippen MR) is 60.4 cm³/mol. The van der Waals surface area contributed by atoms with Crippen molar-refractivity contribution in [3.63, 3.8) is 0 Å². The molecule has 1 atom stereocenters. The minimum Gasteiger partial charge on any atom is -0.479 e. The van der Waals surface area contributed by atoms with Crippen LogP contribution >= 0.6 is 0 Å². The number of carbonyl (C=O) groups is 2. The van der Waals surface area contributed by atoms with Crippen LogP contribution in [0.15, 0.2) is 12.7 Å². The van der Waals surface area contributed by atoms with E-state index in [0.29, 0.717) is 39.0 Å². The van der Waals surface area contributed by atoms with Crippen molar-refractivity contribution in [2.45, 2.75) is 24.8 Å². The van der Waals surface area contributed by atoms with E-state index < -0.39 is 11.5 Å². The van der Waals surface area contributed by atoms with Gasteiger partial charge in [-0.05, 0) is 0 Å². The van der Waals surface area contributed by atoms with Gasteiger partial charge in [0.2, 0.25) is 5.91 Å². The maximum atomic E-state index is 11.9. The first-order valence-corrected chi connectivity index (χ1v) is 5.84. The van der Waals surface area contributed by atoms with Gasteiger partial charge < -0.3 is 14.7 Å². The first kappa shape index (κ1) is 12.1. The fourth-order valence-corrected chi connectivity index (χ4v) is 2.61. The quantitative estimate of drug-likeness (QED) is 0.734. The molecule has 94 valence electrons. The standard InChI is InChI=1S/C12H17NO4/c1-2-9-7-10(14)13(8-9)12(11(15)16)3-5-17-6-4-12/h2,9H,1,3-8H2,(H,15,16). The third-order valence-corrected chi connectivity index (χ3v) is 3.72. The molecule has 0 spiro atoms. The summed E-state index contributed by atoms with van der Waals surface area (Å²) in [6, 6.07) is 0. The average Bonchev–Trinajstić information content (AvgIpc) is 2.71. The van der Waals surface area contributed by atoms with Gasteiger partial charge in [-0.1, -0.05) is 6.08 Å². The second kappa shape index (κ2) is 4.49. The van der Waals surface area contributed by atoms with Gasteiger partial charge in [0.25, 0.3) is 0 Å². The molecule has 0 aliphatic carbocycles. The van der Waals surface area contributed by atoms with Crippen LogP contribution < -0.4 is 0 Å². The number of amides is 1. The van der Waals surface area contributed by atoms with Gasteiger partial charge in [0, 0.05) is 44.9 Å². The van der Waals surface area contributed by atoms with Gasteiger partial charge in [-0.3, -0.25) is 4.79 Å². The van der Waals surface area contributed by atoms with Crippen LogP contribution in [0.25, 0.3) is 0 Å². The van der Waals surface area contributed by atoms with Crippen molar-refractivity contribution < 1.29 is 19.4 Å². The monoisotopic (exact) mass is 239 g/mol.